The number of nitrogens with zero attached hydrogens (tertiary/aromatic N) is 1. The van der Waals surface area contributed by atoms with Crippen LogP contribution >= 0.6 is 0 Å². The van der Waals surface area contributed by atoms with Gasteiger partial charge in [0.15, 0.2) is 0 Å². The van der Waals surface area contributed by atoms with E-state index < -0.39 is 17.9 Å². The third kappa shape index (κ3) is 5.70. The second kappa shape index (κ2) is 7.43. The van der Waals surface area contributed by atoms with Crippen LogP contribution < -0.4 is 0 Å². The lowest BCUT2D eigenvalue weighted by atomic mass is 10.1. The predicted octanol–water partition coefficient (Wildman–Crippen LogP) is 0.331. The maximum absolute atomic E-state index is 11.4. The van der Waals surface area contributed by atoms with E-state index in [1.807, 2.05) is 0 Å². The Morgan fingerprint density at radius 3 is 2.24 bits per heavy atom. The number of hydrogen-bond donors (Lipinski definition) is 0. The van der Waals surface area contributed by atoms with Crippen LogP contribution in [0.2, 0.25) is 0 Å². The predicted molar refractivity (Wildman–Crippen MR) is 59.7 cm³/mol. The van der Waals surface area contributed by atoms with Crippen molar-refractivity contribution in [3.8, 4) is 0 Å². The second-order valence-corrected chi connectivity index (χ2v) is 3.38. The van der Waals surface area contributed by atoms with Crippen molar-refractivity contribution in [3.05, 3.63) is 12.3 Å². The molecule has 0 saturated carbocycles. The van der Waals surface area contributed by atoms with E-state index in [1.54, 1.807) is 7.05 Å². The van der Waals surface area contributed by atoms with Gasteiger partial charge in [-0.2, -0.15) is 0 Å². The smallest absolute Gasteiger partial charge is 0.313 e. The van der Waals surface area contributed by atoms with Gasteiger partial charge in [0.1, 0.15) is 0 Å². The molecule has 0 spiro atoms. The van der Waals surface area contributed by atoms with Gasteiger partial charge in [-0.3, -0.25) is 14.4 Å². The first kappa shape index (κ1) is 15.2. The lowest BCUT2D eigenvalue weighted by Crippen LogP contribution is -2.21. The number of ether oxygens (including phenoxy) is 2. The van der Waals surface area contributed by atoms with Crippen molar-refractivity contribution < 1.29 is 23.9 Å². The van der Waals surface area contributed by atoms with Crippen molar-refractivity contribution in [1.29, 1.82) is 0 Å². The summed E-state index contributed by atoms with van der Waals surface area (Å²) in [6.45, 7) is 1.39. The molecule has 1 atom stereocenters. The van der Waals surface area contributed by atoms with E-state index in [0.29, 0.717) is 0 Å². The molecular weight excluding hydrogens is 226 g/mol. The van der Waals surface area contributed by atoms with Gasteiger partial charge < -0.3 is 14.4 Å². The highest BCUT2D eigenvalue weighted by atomic mass is 16.5. The van der Waals surface area contributed by atoms with Crippen LogP contribution in [0.4, 0.5) is 0 Å². The Hall–Kier alpha value is -1.85. The van der Waals surface area contributed by atoms with Crippen molar-refractivity contribution in [1.82, 2.24) is 4.90 Å². The number of hydrogen-bond acceptors (Lipinski definition) is 5. The first-order valence-corrected chi connectivity index (χ1v) is 4.98. The van der Waals surface area contributed by atoms with Gasteiger partial charge in [0.05, 0.1) is 26.6 Å². The third-order valence-electron chi connectivity index (χ3n) is 2.16. The third-order valence-corrected chi connectivity index (χ3v) is 2.16. The molecule has 0 rings (SSSR count). The molecule has 0 aromatic carbocycles. The summed E-state index contributed by atoms with van der Waals surface area (Å²) < 4.78 is 9.02. The number of methoxy groups -OCH3 is 2. The Bertz CT molecular complexity index is 324. The molecule has 0 heterocycles. The van der Waals surface area contributed by atoms with E-state index in [1.165, 1.54) is 38.3 Å². The first-order chi connectivity index (χ1) is 7.92. The summed E-state index contributed by atoms with van der Waals surface area (Å²) >= 11 is 0. The number of carbonyl (C=O) groups excluding carboxylic acids is 3. The zero-order valence-corrected chi connectivity index (χ0v) is 10.4. The van der Waals surface area contributed by atoms with Gasteiger partial charge in [-0.1, -0.05) is 6.08 Å². The molecule has 6 heteroatoms. The Morgan fingerprint density at radius 2 is 1.82 bits per heavy atom. The summed E-state index contributed by atoms with van der Waals surface area (Å²) in [4.78, 5) is 34.7. The van der Waals surface area contributed by atoms with Crippen LogP contribution in [-0.2, 0) is 23.9 Å². The zero-order chi connectivity index (χ0) is 13.4. The Morgan fingerprint density at radius 1 is 1.24 bits per heavy atom. The topological polar surface area (TPSA) is 72.9 Å². The molecule has 1 unspecified atom stereocenters. The maximum atomic E-state index is 11.4. The first-order valence-electron chi connectivity index (χ1n) is 4.98. The van der Waals surface area contributed by atoms with Crippen molar-refractivity contribution in [3.63, 3.8) is 0 Å². The normalized spacial score (nSPS) is 12.0. The lowest BCUT2D eigenvalue weighted by Gasteiger charge is -2.12. The van der Waals surface area contributed by atoms with Gasteiger partial charge in [-0.25, -0.2) is 0 Å². The number of esters is 2. The quantitative estimate of drug-likeness (QED) is 0.651. The standard InChI is InChI=1S/C11H17NO5/c1-8(13)12(2)6-5-9(11(15)17-4)7-10(14)16-3/h5-6,9H,7H2,1-4H3/b6-5+. The molecule has 0 N–H and O–H groups in total. The molecule has 0 radical (unpaired) electrons. The van der Waals surface area contributed by atoms with E-state index >= 15 is 0 Å². The van der Waals surface area contributed by atoms with Gasteiger partial charge in [0.25, 0.3) is 0 Å². The summed E-state index contributed by atoms with van der Waals surface area (Å²) in [6.07, 6.45) is 2.74. The SMILES string of the molecule is COC(=O)CC(/C=C/N(C)C(C)=O)C(=O)OC. The van der Waals surface area contributed by atoms with Gasteiger partial charge >= 0.3 is 11.9 Å². The summed E-state index contributed by atoms with van der Waals surface area (Å²) in [5.74, 6) is -2.00. The van der Waals surface area contributed by atoms with Crippen LogP contribution in [0.3, 0.4) is 0 Å². The number of carbonyl (C=O) groups is 3. The second-order valence-electron chi connectivity index (χ2n) is 3.38. The molecule has 0 aliphatic carbocycles. The Labute approximate surface area is 100 Å². The van der Waals surface area contributed by atoms with Crippen molar-refractivity contribution >= 4 is 17.8 Å². The molecule has 17 heavy (non-hydrogen) atoms. The lowest BCUT2D eigenvalue weighted by molar-refractivity contribution is -0.150. The highest BCUT2D eigenvalue weighted by Gasteiger charge is 2.20. The highest BCUT2D eigenvalue weighted by molar-refractivity contribution is 5.81. The van der Waals surface area contributed by atoms with E-state index in [4.69, 9.17) is 0 Å². The van der Waals surface area contributed by atoms with Gasteiger partial charge in [-0.15, -0.1) is 0 Å². The van der Waals surface area contributed by atoms with Crippen molar-refractivity contribution in [2.45, 2.75) is 13.3 Å². The molecule has 0 aromatic rings. The molecule has 96 valence electrons. The molecule has 0 saturated heterocycles. The minimum absolute atomic E-state index is 0.120. The molecule has 1 amide bonds. The molecular formula is C11H17NO5. The number of amides is 1. The van der Waals surface area contributed by atoms with Crippen molar-refractivity contribution in [2.75, 3.05) is 21.3 Å². The van der Waals surface area contributed by atoms with E-state index in [-0.39, 0.29) is 12.3 Å². The largest absolute Gasteiger partial charge is 0.469 e. The summed E-state index contributed by atoms with van der Waals surface area (Å²) in [5.41, 5.74) is 0. The van der Waals surface area contributed by atoms with Gasteiger partial charge in [0.2, 0.25) is 5.91 Å². The monoisotopic (exact) mass is 243 g/mol. The zero-order valence-electron chi connectivity index (χ0n) is 10.4. The van der Waals surface area contributed by atoms with Crippen LogP contribution in [-0.4, -0.2) is 44.0 Å². The minimum atomic E-state index is -0.755. The Kier molecular flexibility index (Phi) is 6.62. The molecule has 0 aromatic heterocycles. The molecule has 0 bridgehead atoms. The fraction of sp³-hybridized carbons (Fsp3) is 0.545. The van der Waals surface area contributed by atoms with Gasteiger partial charge in [-0.05, 0) is 0 Å². The van der Waals surface area contributed by atoms with Crippen LogP contribution in [0.15, 0.2) is 12.3 Å². The van der Waals surface area contributed by atoms with E-state index in [0.717, 1.165) is 0 Å². The van der Waals surface area contributed by atoms with E-state index in [9.17, 15) is 14.4 Å². The highest BCUT2D eigenvalue weighted by Crippen LogP contribution is 2.09. The van der Waals surface area contributed by atoms with E-state index in [2.05, 4.69) is 9.47 Å². The average molecular weight is 243 g/mol. The molecule has 0 aliphatic heterocycles. The summed E-state index contributed by atoms with van der Waals surface area (Å²) in [6, 6.07) is 0. The molecule has 0 aliphatic rings. The van der Waals surface area contributed by atoms with Gasteiger partial charge in [0, 0.05) is 20.2 Å². The molecule has 6 nitrogen and oxygen atoms in total. The fourth-order valence-corrected chi connectivity index (χ4v) is 0.982. The fourth-order valence-electron chi connectivity index (χ4n) is 0.982. The summed E-state index contributed by atoms with van der Waals surface area (Å²) in [5, 5.41) is 0. The Balaban J connectivity index is 4.65. The van der Waals surface area contributed by atoms with Crippen molar-refractivity contribution in [2.24, 2.45) is 5.92 Å². The maximum Gasteiger partial charge on any atom is 0.313 e. The van der Waals surface area contributed by atoms with Crippen LogP contribution in [0.5, 0.6) is 0 Å². The summed E-state index contributed by atoms with van der Waals surface area (Å²) in [7, 11) is 4.02. The van der Waals surface area contributed by atoms with Crippen LogP contribution in [0.25, 0.3) is 0 Å². The van der Waals surface area contributed by atoms with Crippen LogP contribution in [0, 0.1) is 5.92 Å². The number of rotatable bonds is 5. The molecule has 0 fully saturated rings. The average Bonchev–Trinajstić information content (AvgIpc) is 2.32. The minimum Gasteiger partial charge on any atom is -0.469 e. The van der Waals surface area contributed by atoms with Crippen LogP contribution in [0.1, 0.15) is 13.3 Å².